The van der Waals surface area contributed by atoms with Crippen LogP contribution in [0.3, 0.4) is 0 Å². The summed E-state index contributed by atoms with van der Waals surface area (Å²) < 4.78 is 9.34. The Bertz CT molecular complexity index is 256. The van der Waals surface area contributed by atoms with Gasteiger partial charge in [-0.1, -0.05) is 30.3 Å². The van der Waals surface area contributed by atoms with Crippen molar-refractivity contribution in [2.45, 2.75) is 6.42 Å². The smallest absolute Gasteiger partial charge is 0.312 e. The van der Waals surface area contributed by atoms with Crippen LogP contribution in [0.25, 0.3) is 0 Å². The molecular formula is C10H12O3. The topological polar surface area (TPSA) is 35.5 Å². The lowest BCUT2D eigenvalue weighted by Gasteiger charge is -2.02. The molecule has 0 saturated heterocycles. The molecule has 0 bridgehead atoms. The van der Waals surface area contributed by atoms with Gasteiger partial charge in [0, 0.05) is 7.11 Å². The Balaban J connectivity index is 2.37. The van der Waals surface area contributed by atoms with Gasteiger partial charge in [-0.05, 0) is 5.56 Å². The molecule has 0 heterocycles. The van der Waals surface area contributed by atoms with E-state index in [2.05, 4.69) is 4.74 Å². The number of carbonyl (C=O) groups is 1. The number of benzene rings is 1. The molecule has 1 aromatic rings. The molecule has 0 fully saturated rings. The van der Waals surface area contributed by atoms with Crippen molar-refractivity contribution in [2.24, 2.45) is 0 Å². The fourth-order valence-corrected chi connectivity index (χ4v) is 0.938. The van der Waals surface area contributed by atoms with Crippen molar-refractivity contribution in [1.29, 1.82) is 0 Å². The fourth-order valence-electron chi connectivity index (χ4n) is 0.938. The Morgan fingerprint density at radius 1 is 1.31 bits per heavy atom. The van der Waals surface area contributed by atoms with Crippen LogP contribution in [-0.4, -0.2) is 19.9 Å². The van der Waals surface area contributed by atoms with Gasteiger partial charge in [0.1, 0.15) is 0 Å². The average Bonchev–Trinajstić information content (AvgIpc) is 2.16. The average molecular weight is 180 g/mol. The van der Waals surface area contributed by atoms with Gasteiger partial charge in [0.15, 0.2) is 6.79 Å². The van der Waals surface area contributed by atoms with E-state index in [9.17, 15) is 4.79 Å². The van der Waals surface area contributed by atoms with Crippen LogP contribution in [0.4, 0.5) is 0 Å². The molecule has 0 atom stereocenters. The van der Waals surface area contributed by atoms with E-state index in [-0.39, 0.29) is 12.8 Å². The summed E-state index contributed by atoms with van der Waals surface area (Å²) in [7, 11) is 1.48. The molecule has 0 aliphatic heterocycles. The minimum absolute atomic E-state index is 0.0195. The Morgan fingerprint density at radius 2 is 2.00 bits per heavy atom. The zero-order valence-corrected chi connectivity index (χ0v) is 7.53. The summed E-state index contributed by atoms with van der Waals surface area (Å²) in [4.78, 5) is 11.1. The van der Waals surface area contributed by atoms with Crippen molar-refractivity contribution in [3.05, 3.63) is 35.9 Å². The third kappa shape index (κ3) is 3.71. The lowest BCUT2D eigenvalue weighted by Crippen LogP contribution is -2.09. The molecular weight excluding hydrogens is 168 g/mol. The van der Waals surface area contributed by atoms with Crippen molar-refractivity contribution < 1.29 is 14.3 Å². The highest BCUT2D eigenvalue weighted by Crippen LogP contribution is 2.00. The molecule has 0 radical (unpaired) electrons. The lowest BCUT2D eigenvalue weighted by atomic mass is 10.2. The molecule has 0 N–H and O–H groups in total. The molecule has 0 aliphatic carbocycles. The highest BCUT2D eigenvalue weighted by atomic mass is 16.7. The number of methoxy groups -OCH3 is 1. The number of esters is 1. The number of rotatable bonds is 4. The van der Waals surface area contributed by atoms with E-state index in [0.29, 0.717) is 6.42 Å². The van der Waals surface area contributed by atoms with Gasteiger partial charge in [0.2, 0.25) is 0 Å². The zero-order valence-electron chi connectivity index (χ0n) is 7.53. The molecule has 0 saturated carbocycles. The third-order valence-electron chi connectivity index (χ3n) is 1.53. The molecule has 0 unspecified atom stereocenters. The second-order valence-electron chi connectivity index (χ2n) is 2.59. The van der Waals surface area contributed by atoms with Gasteiger partial charge in [0.25, 0.3) is 0 Å². The maximum atomic E-state index is 11.1. The van der Waals surface area contributed by atoms with E-state index in [1.807, 2.05) is 30.3 Å². The van der Waals surface area contributed by atoms with Gasteiger partial charge in [0.05, 0.1) is 6.42 Å². The van der Waals surface area contributed by atoms with Crippen molar-refractivity contribution in [3.8, 4) is 0 Å². The van der Waals surface area contributed by atoms with Gasteiger partial charge in [-0.3, -0.25) is 4.79 Å². The first-order valence-corrected chi connectivity index (χ1v) is 4.01. The first-order valence-electron chi connectivity index (χ1n) is 4.01. The van der Waals surface area contributed by atoms with Gasteiger partial charge in [-0.25, -0.2) is 0 Å². The molecule has 0 aromatic heterocycles. The molecule has 3 heteroatoms. The first kappa shape index (κ1) is 9.74. The number of ether oxygens (including phenoxy) is 2. The van der Waals surface area contributed by atoms with Crippen LogP contribution in [0.5, 0.6) is 0 Å². The molecule has 1 aromatic carbocycles. The molecule has 3 nitrogen and oxygen atoms in total. The predicted octanol–water partition coefficient (Wildman–Crippen LogP) is 1.38. The number of hydrogen-bond donors (Lipinski definition) is 0. The van der Waals surface area contributed by atoms with E-state index in [0.717, 1.165) is 5.56 Å². The van der Waals surface area contributed by atoms with Crippen molar-refractivity contribution in [1.82, 2.24) is 0 Å². The van der Waals surface area contributed by atoms with Gasteiger partial charge in [-0.2, -0.15) is 0 Å². The second kappa shape index (κ2) is 5.32. The largest absolute Gasteiger partial charge is 0.438 e. The quantitative estimate of drug-likeness (QED) is 0.518. The summed E-state index contributed by atoms with van der Waals surface area (Å²) in [5, 5.41) is 0. The van der Waals surface area contributed by atoms with Crippen molar-refractivity contribution >= 4 is 5.97 Å². The van der Waals surface area contributed by atoms with Crippen LogP contribution in [0, 0.1) is 0 Å². The highest BCUT2D eigenvalue weighted by molar-refractivity contribution is 5.72. The predicted molar refractivity (Wildman–Crippen MR) is 48.1 cm³/mol. The van der Waals surface area contributed by atoms with Crippen LogP contribution in [0.2, 0.25) is 0 Å². The maximum absolute atomic E-state index is 11.1. The molecule has 13 heavy (non-hydrogen) atoms. The summed E-state index contributed by atoms with van der Waals surface area (Å²) in [6.45, 7) is 0.0195. The monoisotopic (exact) mass is 180 g/mol. The van der Waals surface area contributed by atoms with E-state index in [1.54, 1.807) is 0 Å². The second-order valence-corrected chi connectivity index (χ2v) is 2.59. The van der Waals surface area contributed by atoms with Crippen LogP contribution >= 0.6 is 0 Å². The Morgan fingerprint density at radius 3 is 2.62 bits per heavy atom. The highest BCUT2D eigenvalue weighted by Gasteiger charge is 2.02. The van der Waals surface area contributed by atoms with Crippen LogP contribution in [0.1, 0.15) is 5.56 Å². The number of carbonyl (C=O) groups excluding carboxylic acids is 1. The first-order chi connectivity index (χ1) is 6.33. The van der Waals surface area contributed by atoms with E-state index >= 15 is 0 Å². The standard InChI is InChI=1S/C10H12O3/c1-12-8-13-10(11)7-9-5-3-2-4-6-9/h2-6H,7-8H2,1H3. The summed E-state index contributed by atoms with van der Waals surface area (Å²) in [5.74, 6) is -0.270. The lowest BCUT2D eigenvalue weighted by molar-refractivity contribution is -0.153. The molecule has 1 rings (SSSR count). The van der Waals surface area contributed by atoms with Gasteiger partial charge in [-0.15, -0.1) is 0 Å². The summed E-state index contributed by atoms with van der Waals surface area (Å²) in [6.07, 6.45) is 0.296. The van der Waals surface area contributed by atoms with Crippen molar-refractivity contribution in [2.75, 3.05) is 13.9 Å². The summed E-state index contributed by atoms with van der Waals surface area (Å²) >= 11 is 0. The minimum Gasteiger partial charge on any atom is -0.438 e. The van der Waals surface area contributed by atoms with Crippen LogP contribution in [0.15, 0.2) is 30.3 Å². The molecule has 70 valence electrons. The van der Waals surface area contributed by atoms with Crippen LogP contribution < -0.4 is 0 Å². The normalized spacial score (nSPS) is 9.62. The third-order valence-corrected chi connectivity index (χ3v) is 1.53. The van der Waals surface area contributed by atoms with Crippen molar-refractivity contribution in [3.63, 3.8) is 0 Å². The maximum Gasteiger partial charge on any atom is 0.312 e. The van der Waals surface area contributed by atoms with E-state index in [1.165, 1.54) is 7.11 Å². The molecule has 0 aliphatic rings. The zero-order chi connectivity index (χ0) is 9.52. The minimum atomic E-state index is -0.270. The SMILES string of the molecule is COCOC(=O)Cc1ccccc1. The number of hydrogen-bond acceptors (Lipinski definition) is 3. The van der Waals surface area contributed by atoms with E-state index in [4.69, 9.17) is 4.74 Å². The fraction of sp³-hybridized carbons (Fsp3) is 0.300. The molecule has 0 spiro atoms. The molecule has 0 amide bonds. The van der Waals surface area contributed by atoms with Gasteiger partial charge >= 0.3 is 5.97 Å². The Hall–Kier alpha value is -1.35. The van der Waals surface area contributed by atoms with E-state index < -0.39 is 0 Å². The van der Waals surface area contributed by atoms with Crippen LogP contribution in [-0.2, 0) is 20.7 Å². The Kier molecular flexibility index (Phi) is 3.99. The Labute approximate surface area is 77.3 Å². The van der Waals surface area contributed by atoms with Gasteiger partial charge < -0.3 is 9.47 Å². The summed E-state index contributed by atoms with van der Waals surface area (Å²) in [5.41, 5.74) is 0.948. The summed E-state index contributed by atoms with van der Waals surface area (Å²) in [6, 6.07) is 9.45.